The Balaban J connectivity index is 1.61. The second kappa shape index (κ2) is 8.74. The van der Waals surface area contributed by atoms with E-state index in [-0.39, 0.29) is 17.7 Å². The highest BCUT2D eigenvalue weighted by Crippen LogP contribution is 2.25. The summed E-state index contributed by atoms with van der Waals surface area (Å²) in [5.74, 6) is -0.725. The van der Waals surface area contributed by atoms with Gasteiger partial charge in [-0.05, 0) is 67.6 Å². The molecule has 0 bridgehead atoms. The number of aromatic nitrogens is 3. The number of rotatable bonds is 6. The quantitative estimate of drug-likeness (QED) is 0.484. The fourth-order valence-corrected chi connectivity index (χ4v) is 2.97. The lowest BCUT2D eigenvalue weighted by Gasteiger charge is -2.09. The number of benzene rings is 3. The summed E-state index contributed by atoms with van der Waals surface area (Å²) in [6.45, 7) is 2.21. The third-order valence-corrected chi connectivity index (χ3v) is 4.42. The molecule has 1 heterocycles. The van der Waals surface area contributed by atoms with Crippen molar-refractivity contribution in [1.29, 1.82) is 0 Å². The number of nitrogens with zero attached hydrogens (tertiary/aromatic N) is 3. The number of hydrogen-bond donors (Lipinski definition) is 1. The Kier molecular flexibility index (Phi) is 5.70. The molecule has 8 heteroatoms. The van der Waals surface area contributed by atoms with Gasteiger partial charge in [-0.1, -0.05) is 12.1 Å². The fourth-order valence-electron chi connectivity index (χ4n) is 2.97. The first kappa shape index (κ1) is 20.2. The third-order valence-electron chi connectivity index (χ3n) is 4.42. The van der Waals surface area contributed by atoms with E-state index in [4.69, 9.17) is 4.74 Å². The summed E-state index contributed by atoms with van der Waals surface area (Å²) in [6, 6.07) is 18.4. The lowest BCUT2D eigenvalue weighted by molar-refractivity contribution is 0.102. The van der Waals surface area contributed by atoms with E-state index in [1.807, 2.05) is 6.92 Å². The highest BCUT2D eigenvalue weighted by atomic mass is 19.1. The van der Waals surface area contributed by atoms with E-state index in [1.54, 1.807) is 41.1 Å². The normalized spacial score (nSPS) is 10.7. The Hall–Kier alpha value is -4.07. The first-order valence-corrected chi connectivity index (χ1v) is 9.56. The van der Waals surface area contributed by atoms with Crippen LogP contribution in [-0.2, 0) is 0 Å². The molecule has 1 N–H and O–H groups in total. The van der Waals surface area contributed by atoms with Crippen molar-refractivity contribution in [3.63, 3.8) is 0 Å². The van der Waals surface area contributed by atoms with Gasteiger partial charge in [-0.15, -0.1) is 5.10 Å². The standard InChI is InChI=1S/C23H18F2N4O2/c1-2-31-23-27-21(16-4-3-5-18(25)14-16)29(28-23)20-12-10-19(11-13-20)26-22(30)15-6-8-17(24)9-7-15/h3-14H,2H2,1H3,(H,26,30). The molecule has 31 heavy (non-hydrogen) atoms. The highest BCUT2D eigenvalue weighted by molar-refractivity contribution is 6.04. The van der Waals surface area contributed by atoms with Gasteiger partial charge in [0.2, 0.25) is 0 Å². The highest BCUT2D eigenvalue weighted by Gasteiger charge is 2.15. The van der Waals surface area contributed by atoms with Crippen molar-refractivity contribution in [2.24, 2.45) is 0 Å². The maximum atomic E-state index is 13.7. The number of anilines is 1. The Bertz CT molecular complexity index is 1210. The zero-order valence-electron chi connectivity index (χ0n) is 16.5. The van der Waals surface area contributed by atoms with Crippen molar-refractivity contribution in [2.45, 2.75) is 6.92 Å². The lowest BCUT2D eigenvalue weighted by Crippen LogP contribution is -2.11. The van der Waals surface area contributed by atoms with E-state index in [0.717, 1.165) is 0 Å². The molecule has 0 atom stereocenters. The molecule has 4 rings (SSSR count). The average Bonchev–Trinajstić information content (AvgIpc) is 3.19. The minimum Gasteiger partial charge on any atom is -0.463 e. The molecule has 0 saturated heterocycles. The van der Waals surface area contributed by atoms with Gasteiger partial charge in [0.25, 0.3) is 5.91 Å². The van der Waals surface area contributed by atoms with Crippen LogP contribution in [0.25, 0.3) is 17.1 Å². The van der Waals surface area contributed by atoms with E-state index < -0.39 is 5.82 Å². The predicted molar refractivity (Wildman–Crippen MR) is 112 cm³/mol. The molecule has 0 saturated carbocycles. The number of ether oxygens (including phenoxy) is 1. The van der Waals surface area contributed by atoms with Crippen LogP contribution in [0.15, 0.2) is 72.8 Å². The summed E-state index contributed by atoms with van der Waals surface area (Å²) in [4.78, 5) is 16.7. The van der Waals surface area contributed by atoms with Crippen molar-refractivity contribution in [1.82, 2.24) is 14.8 Å². The summed E-state index contributed by atoms with van der Waals surface area (Å²) < 4.78 is 33.7. The van der Waals surface area contributed by atoms with Crippen LogP contribution >= 0.6 is 0 Å². The van der Waals surface area contributed by atoms with Crippen molar-refractivity contribution in [3.05, 3.63) is 90.0 Å². The smallest absolute Gasteiger partial charge is 0.336 e. The first-order chi connectivity index (χ1) is 15.0. The van der Waals surface area contributed by atoms with Crippen LogP contribution < -0.4 is 10.1 Å². The molecule has 3 aromatic carbocycles. The molecule has 0 aliphatic heterocycles. The van der Waals surface area contributed by atoms with Crippen molar-refractivity contribution in [3.8, 4) is 23.1 Å². The van der Waals surface area contributed by atoms with Crippen LogP contribution in [0.1, 0.15) is 17.3 Å². The van der Waals surface area contributed by atoms with Gasteiger partial charge < -0.3 is 10.1 Å². The lowest BCUT2D eigenvalue weighted by atomic mass is 10.2. The van der Waals surface area contributed by atoms with E-state index in [9.17, 15) is 13.6 Å². The van der Waals surface area contributed by atoms with Gasteiger partial charge in [0, 0.05) is 16.8 Å². The van der Waals surface area contributed by atoms with Gasteiger partial charge in [0.05, 0.1) is 12.3 Å². The molecule has 0 unspecified atom stereocenters. The summed E-state index contributed by atoms with van der Waals surface area (Å²) in [7, 11) is 0. The summed E-state index contributed by atoms with van der Waals surface area (Å²) in [5.41, 5.74) is 2.09. The molecule has 0 spiro atoms. The fraction of sp³-hybridized carbons (Fsp3) is 0.0870. The minimum atomic E-state index is -0.408. The summed E-state index contributed by atoms with van der Waals surface area (Å²) in [6.07, 6.45) is 0. The third kappa shape index (κ3) is 4.58. The number of carbonyl (C=O) groups excluding carboxylic acids is 1. The molecule has 1 aromatic heterocycles. The van der Waals surface area contributed by atoms with Gasteiger partial charge in [0.1, 0.15) is 11.6 Å². The molecular weight excluding hydrogens is 402 g/mol. The van der Waals surface area contributed by atoms with Crippen molar-refractivity contribution < 1.29 is 18.3 Å². The molecule has 0 aliphatic carbocycles. The van der Waals surface area contributed by atoms with Crippen LogP contribution in [0.5, 0.6) is 6.01 Å². The van der Waals surface area contributed by atoms with Gasteiger partial charge >= 0.3 is 6.01 Å². The van der Waals surface area contributed by atoms with Crippen LogP contribution in [0, 0.1) is 11.6 Å². The van der Waals surface area contributed by atoms with Crippen LogP contribution in [0.2, 0.25) is 0 Å². The van der Waals surface area contributed by atoms with Gasteiger partial charge in [-0.25, -0.2) is 13.5 Å². The zero-order valence-corrected chi connectivity index (χ0v) is 16.5. The first-order valence-electron chi connectivity index (χ1n) is 9.56. The van der Waals surface area contributed by atoms with Crippen LogP contribution in [0.3, 0.4) is 0 Å². The van der Waals surface area contributed by atoms with E-state index in [0.29, 0.717) is 34.9 Å². The molecule has 0 aliphatic rings. The number of nitrogens with one attached hydrogen (secondary N) is 1. The van der Waals surface area contributed by atoms with Gasteiger partial charge in [-0.3, -0.25) is 4.79 Å². The SMILES string of the molecule is CCOc1nc(-c2cccc(F)c2)n(-c2ccc(NC(=O)c3ccc(F)cc3)cc2)n1. The maximum Gasteiger partial charge on any atom is 0.336 e. The Morgan fingerprint density at radius 2 is 1.74 bits per heavy atom. The van der Waals surface area contributed by atoms with E-state index in [2.05, 4.69) is 15.4 Å². The van der Waals surface area contributed by atoms with Crippen LogP contribution in [-0.4, -0.2) is 27.3 Å². The molecule has 1 amide bonds. The number of halogens is 2. The molecule has 4 aromatic rings. The Morgan fingerprint density at radius 1 is 1.00 bits per heavy atom. The van der Waals surface area contributed by atoms with Crippen molar-refractivity contribution in [2.75, 3.05) is 11.9 Å². The topological polar surface area (TPSA) is 69.0 Å². The monoisotopic (exact) mass is 420 g/mol. The molecular formula is C23H18F2N4O2. The zero-order chi connectivity index (χ0) is 21.8. The molecule has 0 fully saturated rings. The summed E-state index contributed by atoms with van der Waals surface area (Å²) >= 11 is 0. The number of amides is 1. The second-order valence-corrected chi connectivity index (χ2v) is 6.58. The molecule has 156 valence electrons. The van der Waals surface area contributed by atoms with E-state index >= 15 is 0 Å². The predicted octanol–water partition coefficient (Wildman–Crippen LogP) is 4.86. The van der Waals surface area contributed by atoms with Crippen LogP contribution in [0.4, 0.5) is 14.5 Å². The minimum absolute atomic E-state index is 0.176. The van der Waals surface area contributed by atoms with Gasteiger partial charge in [0.15, 0.2) is 5.82 Å². The number of hydrogen-bond acceptors (Lipinski definition) is 4. The Labute approximate surface area is 177 Å². The second-order valence-electron chi connectivity index (χ2n) is 6.58. The number of carbonyl (C=O) groups is 1. The van der Waals surface area contributed by atoms with Crippen molar-refractivity contribution >= 4 is 11.6 Å². The average molecular weight is 420 g/mol. The summed E-state index contributed by atoms with van der Waals surface area (Å²) in [5, 5.41) is 7.12. The maximum absolute atomic E-state index is 13.7. The molecule has 6 nitrogen and oxygen atoms in total. The Morgan fingerprint density at radius 3 is 2.42 bits per heavy atom. The largest absolute Gasteiger partial charge is 0.463 e. The molecule has 0 radical (unpaired) electrons. The van der Waals surface area contributed by atoms with Gasteiger partial charge in [-0.2, -0.15) is 4.98 Å². The van der Waals surface area contributed by atoms with E-state index in [1.165, 1.54) is 36.4 Å².